The van der Waals surface area contributed by atoms with Crippen molar-refractivity contribution in [3.63, 3.8) is 0 Å². The molecule has 164 valence electrons. The average molecular weight is 408 g/mol. The Balaban J connectivity index is 2.27. The number of aliphatic hydroxyl groups excluding tert-OH is 1. The number of rotatable bonds is 8. The molecule has 1 aromatic rings. The standard InChI is InChI=1S/C22H37N3O4/c1-22(2,3)29-21(27)23-18-15-17(9-7-6-8-14-26)19(16-20(18)28-5)25-12-10-24(4)11-13-25/h15-16,26H,6-14H2,1-5H3,(H,23,27). The highest BCUT2D eigenvalue weighted by Crippen LogP contribution is 2.35. The number of anilines is 2. The van der Waals surface area contributed by atoms with Gasteiger partial charge in [0, 0.05) is 44.5 Å². The van der Waals surface area contributed by atoms with Crippen molar-refractivity contribution in [2.45, 2.75) is 52.1 Å². The number of carbonyl (C=O) groups excluding carboxylic acids is 1. The predicted octanol–water partition coefficient (Wildman–Crippen LogP) is 3.50. The number of benzene rings is 1. The van der Waals surface area contributed by atoms with Crippen LogP contribution in [0.1, 0.15) is 45.6 Å². The van der Waals surface area contributed by atoms with Gasteiger partial charge in [-0.15, -0.1) is 0 Å². The molecule has 0 spiro atoms. The van der Waals surface area contributed by atoms with E-state index in [1.807, 2.05) is 32.9 Å². The third kappa shape index (κ3) is 7.40. The molecule has 0 saturated carbocycles. The molecule has 1 aromatic carbocycles. The lowest BCUT2D eigenvalue weighted by atomic mass is 10.0. The van der Waals surface area contributed by atoms with E-state index in [1.165, 1.54) is 5.56 Å². The van der Waals surface area contributed by atoms with Crippen molar-refractivity contribution in [2.24, 2.45) is 0 Å². The number of likely N-dealkylation sites (N-methyl/N-ethyl adjacent to an activating group) is 1. The Kier molecular flexibility index (Phi) is 8.59. The fraction of sp³-hybridized carbons (Fsp3) is 0.682. The quantitative estimate of drug-likeness (QED) is 0.643. The summed E-state index contributed by atoms with van der Waals surface area (Å²) in [6.07, 6.45) is 3.16. The first-order valence-corrected chi connectivity index (χ1v) is 10.5. The molecular formula is C22H37N3O4. The number of aryl methyl sites for hydroxylation is 1. The smallest absolute Gasteiger partial charge is 0.412 e. The number of hydrogen-bond donors (Lipinski definition) is 2. The zero-order valence-corrected chi connectivity index (χ0v) is 18.6. The third-order valence-electron chi connectivity index (χ3n) is 4.98. The van der Waals surface area contributed by atoms with Crippen LogP contribution in [0.4, 0.5) is 16.2 Å². The van der Waals surface area contributed by atoms with Gasteiger partial charge in [-0.1, -0.05) is 6.42 Å². The maximum absolute atomic E-state index is 12.3. The minimum atomic E-state index is -0.565. The monoisotopic (exact) mass is 407 g/mol. The molecule has 2 rings (SSSR count). The van der Waals surface area contributed by atoms with Crippen LogP contribution in [0.2, 0.25) is 0 Å². The van der Waals surface area contributed by atoms with Crippen LogP contribution in [0.3, 0.4) is 0 Å². The zero-order chi connectivity index (χ0) is 21.4. The highest BCUT2D eigenvalue weighted by Gasteiger charge is 2.22. The first-order valence-electron chi connectivity index (χ1n) is 10.5. The van der Waals surface area contributed by atoms with Crippen LogP contribution in [0.5, 0.6) is 5.75 Å². The Morgan fingerprint density at radius 2 is 1.83 bits per heavy atom. The fourth-order valence-electron chi connectivity index (χ4n) is 3.44. The van der Waals surface area contributed by atoms with E-state index in [0.29, 0.717) is 11.4 Å². The molecule has 0 aromatic heterocycles. The maximum Gasteiger partial charge on any atom is 0.412 e. The molecule has 0 atom stereocenters. The second-order valence-corrected chi connectivity index (χ2v) is 8.63. The van der Waals surface area contributed by atoms with Gasteiger partial charge in [-0.3, -0.25) is 5.32 Å². The van der Waals surface area contributed by atoms with Gasteiger partial charge in [0.1, 0.15) is 11.4 Å². The summed E-state index contributed by atoms with van der Waals surface area (Å²) in [6, 6.07) is 4.04. The minimum absolute atomic E-state index is 0.222. The molecule has 1 aliphatic heterocycles. The number of piperazine rings is 1. The number of nitrogens with one attached hydrogen (secondary N) is 1. The Labute approximate surface area is 175 Å². The highest BCUT2D eigenvalue weighted by atomic mass is 16.6. The number of amides is 1. The van der Waals surface area contributed by atoms with E-state index in [1.54, 1.807) is 7.11 Å². The van der Waals surface area contributed by atoms with Crippen LogP contribution >= 0.6 is 0 Å². The molecule has 29 heavy (non-hydrogen) atoms. The Morgan fingerprint density at radius 1 is 1.14 bits per heavy atom. The summed E-state index contributed by atoms with van der Waals surface area (Å²) in [5.74, 6) is 0.629. The molecule has 1 fully saturated rings. The number of nitrogens with zero attached hydrogens (tertiary/aromatic N) is 2. The van der Waals surface area contributed by atoms with Gasteiger partial charge in [0.25, 0.3) is 0 Å². The summed E-state index contributed by atoms with van der Waals surface area (Å²) in [4.78, 5) is 17.0. The van der Waals surface area contributed by atoms with Gasteiger partial charge < -0.3 is 24.4 Å². The fourth-order valence-corrected chi connectivity index (χ4v) is 3.44. The summed E-state index contributed by atoms with van der Waals surface area (Å²) < 4.78 is 11.0. The largest absolute Gasteiger partial charge is 0.494 e. The summed E-state index contributed by atoms with van der Waals surface area (Å²) in [6.45, 7) is 9.70. The number of ether oxygens (including phenoxy) is 2. The number of unbranched alkanes of at least 4 members (excludes halogenated alkanes) is 2. The van der Waals surface area contributed by atoms with Crippen LogP contribution in [-0.4, -0.2) is 68.6 Å². The van der Waals surface area contributed by atoms with Crippen molar-refractivity contribution in [3.05, 3.63) is 17.7 Å². The highest BCUT2D eigenvalue weighted by molar-refractivity contribution is 5.88. The van der Waals surface area contributed by atoms with E-state index < -0.39 is 11.7 Å². The molecule has 2 N–H and O–H groups in total. The number of hydrogen-bond acceptors (Lipinski definition) is 6. The van der Waals surface area contributed by atoms with Crippen molar-refractivity contribution in [2.75, 3.05) is 57.2 Å². The second-order valence-electron chi connectivity index (χ2n) is 8.63. The first kappa shape index (κ1) is 23.3. The van der Waals surface area contributed by atoms with Gasteiger partial charge in [0.15, 0.2) is 0 Å². The summed E-state index contributed by atoms with van der Waals surface area (Å²) >= 11 is 0. The molecule has 0 aliphatic carbocycles. The number of methoxy groups -OCH3 is 1. The molecule has 1 amide bonds. The number of carbonyl (C=O) groups is 1. The summed E-state index contributed by atoms with van der Waals surface area (Å²) in [5, 5.41) is 11.9. The van der Waals surface area contributed by atoms with E-state index in [4.69, 9.17) is 14.6 Å². The van der Waals surface area contributed by atoms with E-state index in [9.17, 15) is 4.79 Å². The van der Waals surface area contributed by atoms with Crippen molar-refractivity contribution in [1.29, 1.82) is 0 Å². The third-order valence-corrected chi connectivity index (χ3v) is 4.98. The molecular weight excluding hydrogens is 370 g/mol. The maximum atomic E-state index is 12.3. The average Bonchev–Trinajstić information content (AvgIpc) is 2.64. The minimum Gasteiger partial charge on any atom is -0.494 e. The Bertz CT molecular complexity index is 665. The Morgan fingerprint density at radius 3 is 2.41 bits per heavy atom. The van der Waals surface area contributed by atoms with Crippen LogP contribution in [0, 0.1) is 0 Å². The van der Waals surface area contributed by atoms with Crippen molar-refractivity contribution < 1.29 is 19.4 Å². The van der Waals surface area contributed by atoms with Crippen LogP contribution in [0.25, 0.3) is 0 Å². The second kappa shape index (κ2) is 10.7. The number of aliphatic hydroxyl groups is 1. The lowest BCUT2D eigenvalue weighted by Gasteiger charge is -2.35. The normalized spacial score (nSPS) is 15.3. The van der Waals surface area contributed by atoms with E-state index >= 15 is 0 Å². The lowest BCUT2D eigenvalue weighted by Crippen LogP contribution is -2.44. The van der Waals surface area contributed by atoms with Gasteiger partial charge in [-0.05, 0) is 58.7 Å². The Hall–Kier alpha value is -1.99. The van der Waals surface area contributed by atoms with E-state index in [0.717, 1.165) is 57.5 Å². The van der Waals surface area contributed by atoms with Crippen LogP contribution < -0.4 is 15.0 Å². The van der Waals surface area contributed by atoms with Crippen LogP contribution in [-0.2, 0) is 11.2 Å². The summed E-state index contributed by atoms with van der Waals surface area (Å²) in [7, 11) is 3.76. The van der Waals surface area contributed by atoms with Gasteiger partial charge in [0.2, 0.25) is 0 Å². The zero-order valence-electron chi connectivity index (χ0n) is 18.6. The van der Waals surface area contributed by atoms with Crippen molar-refractivity contribution in [1.82, 2.24) is 4.90 Å². The van der Waals surface area contributed by atoms with E-state index in [2.05, 4.69) is 22.2 Å². The van der Waals surface area contributed by atoms with Crippen molar-refractivity contribution >= 4 is 17.5 Å². The lowest BCUT2D eigenvalue weighted by molar-refractivity contribution is 0.0635. The molecule has 7 nitrogen and oxygen atoms in total. The SMILES string of the molecule is COc1cc(N2CCN(C)CC2)c(CCCCCO)cc1NC(=O)OC(C)(C)C. The molecule has 7 heteroatoms. The van der Waals surface area contributed by atoms with Crippen LogP contribution in [0.15, 0.2) is 12.1 Å². The molecule has 1 saturated heterocycles. The predicted molar refractivity (Wildman–Crippen MR) is 117 cm³/mol. The molecule has 1 aliphatic rings. The van der Waals surface area contributed by atoms with Crippen molar-refractivity contribution in [3.8, 4) is 5.75 Å². The van der Waals surface area contributed by atoms with E-state index in [-0.39, 0.29) is 6.61 Å². The topological polar surface area (TPSA) is 74.3 Å². The molecule has 1 heterocycles. The van der Waals surface area contributed by atoms with Gasteiger partial charge in [-0.25, -0.2) is 4.79 Å². The molecule has 0 radical (unpaired) electrons. The molecule has 0 bridgehead atoms. The van der Waals surface area contributed by atoms with Gasteiger partial charge in [-0.2, -0.15) is 0 Å². The van der Waals surface area contributed by atoms with Gasteiger partial charge >= 0.3 is 6.09 Å². The molecule has 0 unspecified atom stereocenters. The summed E-state index contributed by atoms with van der Waals surface area (Å²) in [5.41, 5.74) is 2.40. The first-order chi connectivity index (χ1) is 13.7. The van der Waals surface area contributed by atoms with Gasteiger partial charge in [0.05, 0.1) is 12.8 Å².